The Balaban J connectivity index is 1.74. The number of aromatic nitrogens is 4. The molecule has 0 aliphatic carbocycles. The molecule has 1 N–H and O–H groups in total. The van der Waals surface area contributed by atoms with Gasteiger partial charge in [-0.15, -0.1) is 0 Å². The number of morpholine rings is 1. The van der Waals surface area contributed by atoms with E-state index in [-0.39, 0.29) is 6.04 Å². The van der Waals surface area contributed by atoms with Crippen molar-refractivity contribution in [1.29, 1.82) is 0 Å². The fourth-order valence-corrected chi connectivity index (χ4v) is 3.12. The molecule has 1 aromatic carbocycles. The fourth-order valence-electron chi connectivity index (χ4n) is 3.12. The van der Waals surface area contributed by atoms with Gasteiger partial charge in [0.15, 0.2) is 17.0 Å². The first-order valence-electron chi connectivity index (χ1n) is 9.55. The average molecular weight is 379 g/mol. The molecule has 0 amide bonds. The zero-order valence-corrected chi connectivity index (χ0v) is 16.5. The lowest BCUT2D eigenvalue weighted by Crippen LogP contribution is -2.37. The smallest absolute Gasteiger partial charge is 0.229 e. The van der Waals surface area contributed by atoms with Crippen LogP contribution >= 0.6 is 0 Å². The highest BCUT2D eigenvalue weighted by atomic mass is 16.5. The molecule has 1 aliphatic heterocycles. The summed E-state index contributed by atoms with van der Waals surface area (Å²) in [7, 11) is 0. The van der Waals surface area contributed by atoms with Crippen LogP contribution in [-0.4, -0.2) is 58.2 Å². The summed E-state index contributed by atoms with van der Waals surface area (Å²) in [5.41, 5.74) is 3.63. The van der Waals surface area contributed by atoms with Crippen LogP contribution in [0.2, 0.25) is 0 Å². The molecular weight excluding hydrogens is 354 g/mol. The van der Waals surface area contributed by atoms with E-state index in [1.54, 1.807) is 11.0 Å². The minimum Gasteiger partial charge on any atom is -0.378 e. The maximum Gasteiger partial charge on any atom is 0.229 e. The number of anilines is 2. The normalized spacial score (nSPS) is 15.1. The van der Waals surface area contributed by atoms with Crippen molar-refractivity contribution in [3.05, 3.63) is 41.7 Å². The van der Waals surface area contributed by atoms with Crippen molar-refractivity contribution in [2.45, 2.75) is 26.8 Å². The van der Waals surface area contributed by atoms with Gasteiger partial charge in [-0.2, -0.15) is 15.1 Å². The fraction of sp³-hybridized carbons (Fsp3) is 0.400. The Hall–Kier alpha value is -3.00. The highest BCUT2D eigenvalue weighted by molar-refractivity contribution is 5.85. The Morgan fingerprint density at radius 1 is 1.21 bits per heavy atom. The maximum atomic E-state index is 5.46. The van der Waals surface area contributed by atoms with Gasteiger partial charge in [0.05, 0.1) is 19.4 Å². The number of benzene rings is 1. The van der Waals surface area contributed by atoms with Crippen LogP contribution in [-0.2, 0) is 4.74 Å². The predicted octanol–water partition coefficient (Wildman–Crippen LogP) is 2.67. The van der Waals surface area contributed by atoms with E-state index in [9.17, 15) is 0 Å². The molecule has 28 heavy (non-hydrogen) atoms. The van der Waals surface area contributed by atoms with Crippen molar-refractivity contribution in [2.75, 3.05) is 36.5 Å². The van der Waals surface area contributed by atoms with Gasteiger partial charge in [0, 0.05) is 19.1 Å². The molecular formula is C20H25N7O. The Bertz CT molecular complexity index is 989. The van der Waals surface area contributed by atoms with Crippen LogP contribution in [0.3, 0.4) is 0 Å². The van der Waals surface area contributed by atoms with Crippen molar-refractivity contribution in [3.63, 3.8) is 0 Å². The molecule has 146 valence electrons. The van der Waals surface area contributed by atoms with Crippen LogP contribution in [0.4, 0.5) is 11.8 Å². The number of aryl methyl sites for hydroxylation is 1. The van der Waals surface area contributed by atoms with Crippen LogP contribution in [0.5, 0.6) is 0 Å². The van der Waals surface area contributed by atoms with E-state index in [0.29, 0.717) is 30.3 Å². The van der Waals surface area contributed by atoms with Crippen LogP contribution in [0.1, 0.15) is 25.0 Å². The summed E-state index contributed by atoms with van der Waals surface area (Å²) < 4.78 is 7.16. The van der Waals surface area contributed by atoms with Crippen molar-refractivity contribution >= 4 is 29.1 Å². The van der Waals surface area contributed by atoms with Gasteiger partial charge in [0.2, 0.25) is 5.95 Å². The van der Waals surface area contributed by atoms with Gasteiger partial charge in [-0.1, -0.05) is 29.8 Å². The van der Waals surface area contributed by atoms with E-state index in [1.807, 2.05) is 18.3 Å². The third-order valence-corrected chi connectivity index (χ3v) is 4.46. The van der Waals surface area contributed by atoms with Crippen molar-refractivity contribution in [1.82, 2.24) is 19.6 Å². The van der Waals surface area contributed by atoms with Crippen molar-refractivity contribution in [2.24, 2.45) is 5.10 Å². The van der Waals surface area contributed by atoms with E-state index in [0.717, 1.165) is 24.5 Å². The van der Waals surface area contributed by atoms with E-state index in [2.05, 4.69) is 53.2 Å². The predicted molar refractivity (Wildman–Crippen MR) is 111 cm³/mol. The van der Waals surface area contributed by atoms with Crippen molar-refractivity contribution < 1.29 is 4.74 Å². The Morgan fingerprint density at radius 2 is 2.04 bits per heavy atom. The zero-order chi connectivity index (χ0) is 19.5. The highest BCUT2D eigenvalue weighted by Crippen LogP contribution is 2.23. The molecule has 3 aromatic rings. The number of rotatable bonds is 5. The third kappa shape index (κ3) is 3.96. The molecule has 0 radical (unpaired) electrons. The Kier molecular flexibility index (Phi) is 5.21. The van der Waals surface area contributed by atoms with E-state index < -0.39 is 0 Å². The molecule has 4 rings (SSSR count). The molecule has 0 bridgehead atoms. The van der Waals surface area contributed by atoms with E-state index in [4.69, 9.17) is 14.7 Å². The lowest BCUT2D eigenvalue weighted by atomic mass is 10.2. The lowest BCUT2D eigenvalue weighted by molar-refractivity contribution is 0.122. The number of hydrogen-bond acceptors (Lipinski definition) is 7. The number of fused-ring (bicyclic) bond motifs is 1. The SMILES string of the molecule is Cc1cccc(C=Nn2cnc3c(NC(C)C)nc(N4CCOCC4)nc32)c1. The van der Waals surface area contributed by atoms with E-state index in [1.165, 1.54) is 5.56 Å². The number of imidazole rings is 1. The van der Waals surface area contributed by atoms with Gasteiger partial charge in [-0.3, -0.25) is 0 Å². The van der Waals surface area contributed by atoms with Gasteiger partial charge in [0.25, 0.3) is 0 Å². The number of nitrogens with one attached hydrogen (secondary N) is 1. The molecule has 1 fully saturated rings. The van der Waals surface area contributed by atoms with Gasteiger partial charge in [0.1, 0.15) is 6.33 Å². The first-order valence-corrected chi connectivity index (χ1v) is 9.55. The monoisotopic (exact) mass is 379 g/mol. The Morgan fingerprint density at radius 3 is 2.79 bits per heavy atom. The molecule has 0 atom stereocenters. The molecule has 8 heteroatoms. The van der Waals surface area contributed by atoms with Gasteiger partial charge in [-0.05, 0) is 26.3 Å². The molecule has 1 aliphatic rings. The van der Waals surface area contributed by atoms with Crippen LogP contribution in [0, 0.1) is 6.92 Å². The average Bonchev–Trinajstić information content (AvgIpc) is 3.10. The summed E-state index contributed by atoms with van der Waals surface area (Å²) in [4.78, 5) is 16.1. The molecule has 2 aromatic heterocycles. The molecule has 1 saturated heterocycles. The minimum absolute atomic E-state index is 0.233. The number of ether oxygens (including phenoxy) is 1. The summed E-state index contributed by atoms with van der Waals surface area (Å²) >= 11 is 0. The van der Waals surface area contributed by atoms with Crippen molar-refractivity contribution in [3.8, 4) is 0 Å². The van der Waals surface area contributed by atoms with Gasteiger partial charge >= 0.3 is 0 Å². The van der Waals surface area contributed by atoms with E-state index >= 15 is 0 Å². The summed E-state index contributed by atoms with van der Waals surface area (Å²) in [6.07, 6.45) is 3.50. The first kappa shape index (κ1) is 18.4. The summed E-state index contributed by atoms with van der Waals surface area (Å²) in [5, 5.41) is 7.97. The molecule has 0 spiro atoms. The molecule has 3 heterocycles. The first-order chi connectivity index (χ1) is 13.6. The third-order valence-electron chi connectivity index (χ3n) is 4.46. The molecule has 0 unspecified atom stereocenters. The summed E-state index contributed by atoms with van der Waals surface area (Å²) in [5.74, 6) is 1.40. The topological polar surface area (TPSA) is 80.5 Å². The van der Waals surface area contributed by atoms with Crippen LogP contribution in [0.25, 0.3) is 11.2 Å². The van der Waals surface area contributed by atoms with Crippen LogP contribution < -0.4 is 10.2 Å². The second-order valence-electron chi connectivity index (χ2n) is 7.19. The largest absolute Gasteiger partial charge is 0.378 e. The number of nitrogens with zero attached hydrogens (tertiary/aromatic N) is 6. The standard InChI is InChI=1S/C20H25N7O/c1-14(2)23-18-17-19(25-20(24-18)26-7-9-28-10-8-26)27(13-21-17)22-12-16-6-4-5-15(3)11-16/h4-6,11-14H,7-10H2,1-3H3,(H,23,24,25). The second kappa shape index (κ2) is 7.93. The quantitative estimate of drug-likeness (QED) is 0.687. The second-order valence-corrected chi connectivity index (χ2v) is 7.19. The molecule has 0 saturated carbocycles. The zero-order valence-electron chi connectivity index (χ0n) is 16.5. The highest BCUT2D eigenvalue weighted by Gasteiger charge is 2.19. The summed E-state index contributed by atoms with van der Waals surface area (Å²) in [6.45, 7) is 9.12. The molecule has 8 nitrogen and oxygen atoms in total. The summed E-state index contributed by atoms with van der Waals surface area (Å²) in [6, 6.07) is 8.43. The maximum absolute atomic E-state index is 5.46. The number of hydrogen-bond donors (Lipinski definition) is 1. The van der Waals surface area contributed by atoms with Gasteiger partial charge in [-0.25, -0.2) is 9.66 Å². The Labute approximate surface area is 164 Å². The van der Waals surface area contributed by atoms with Crippen LogP contribution in [0.15, 0.2) is 35.7 Å². The van der Waals surface area contributed by atoms with Gasteiger partial charge < -0.3 is 15.0 Å². The minimum atomic E-state index is 0.233. The lowest BCUT2D eigenvalue weighted by Gasteiger charge is -2.27.